The van der Waals surface area contributed by atoms with Gasteiger partial charge in [0.1, 0.15) is 21.3 Å². The normalized spacial score (nSPS) is 11.0. The first-order valence-electron chi connectivity index (χ1n) is 6.15. The molecule has 0 saturated carbocycles. The lowest BCUT2D eigenvalue weighted by molar-refractivity contribution is 0.0506. The minimum Gasteiger partial charge on any atom is -0.497 e. The van der Waals surface area contributed by atoms with Crippen molar-refractivity contribution in [2.75, 3.05) is 38.6 Å². The van der Waals surface area contributed by atoms with Crippen molar-refractivity contribution >= 4 is 21.5 Å². The monoisotopic (exact) mass is 317 g/mol. The number of hydrogen-bond donors (Lipinski definition) is 1. The summed E-state index contributed by atoms with van der Waals surface area (Å²) < 4.78 is 37.1. The lowest BCUT2D eigenvalue weighted by Gasteiger charge is -2.12. The number of rotatable bonds is 7. The first-order valence-corrected chi connectivity index (χ1v) is 8.21. The highest BCUT2D eigenvalue weighted by molar-refractivity contribution is 7.90. The van der Waals surface area contributed by atoms with Crippen molar-refractivity contribution in [2.24, 2.45) is 0 Å². The number of nitrogens with two attached hydrogens (primary N) is 1. The van der Waals surface area contributed by atoms with Gasteiger partial charge in [0.2, 0.25) is 0 Å². The van der Waals surface area contributed by atoms with Gasteiger partial charge in [0.05, 0.1) is 37.8 Å². The van der Waals surface area contributed by atoms with Crippen molar-refractivity contribution in [3.8, 4) is 11.5 Å². The number of esters is 1. The van der Waals surface area contributed by atoms with Crippen LogP contribution in [0.15, 0.2) is 12.1 Å². The van der Waals surface area contributed by atoms with E-state index in [1.807, 2.05) is 0 Å². The Labute approximate surface area is 123 Å². The molecule has 0 saturated heterocycles. The van der Waals surface area contributed by atoms with Gasteiger partial charge in [0.15, 0.2) is 0 Å². The van der Waals surface area contributed by atoms with E-state index in [0.717, 1.165) is 6.26 Å². The minimum absolute atomic E-state index is 0.00906. The number of methoxy groups -OCH3 is 2. The number of hydrogen-bond acceptors (Lipinski definition) is 7. The zero-order valence-corrected chi connectivity index (χ0v) is 13.0. The standard InChI is InChI=1S/C13H19NO6S/c1-18-9-7-10(12(14)11(8-9)19-2)13(15)20-5-4-6-21(3,16)17/h7-8H,4-6,14H2,1-3H3. The maximum absolute atomic E-state index is 12.0. The molecule has 2 N–H and O–H groups in total. The Bertz CT molecular complexity index is 611. The van der Waals surface area contributed by atoms with Crippen LogP contribution in [0, 0.1) is 0 Å². The van der Waals surface area contributed by atoms with E-state index in [-0.39, 0.29) is 30.0 Å². The molecule has 0 atom stereocenters. The van der Waals surface area contributed by atoms with Crippen LogP contribution in [0.1, 0.15) is 16.8 Å². The Hall–Kier alpha value is -1.96. The van der Waals surface area contributed by atoms with E-state index in [1.54, 1.807) is 6.07 Å². The van der Waals surface area contributed by atoms with Gasteiger partial charge in [0, 0.05) is 12.3 Å². The quantitative estimate of drug-likeness (QED) is 0.452. The fourth-order valence-corrected chi connectivity index (χ4v) is 2.26. The molecule has 1 aromatic carbocycles. The van der Waals surface area contributed by atoms with Crippen LogP contribution in [0.5, 0.6) is 11.5 Å². The average molecular weight is 317 g/mol. The second-order valence-corrected chi connectivity index (χ2v) is 6.67. The lowest BCUT2D eigenvalue weighted by atomic mass is 10.1. The molecule has 8 heteroatoms. The number of ether oxygens (including phenoxy) is 3. The molecule has 1 rings (SSSR count). The highest BCUT2D eigenvalue weighted by atomic mass is 32.2. The number of nitrogen functional groups attached to an aromatic ring is 1. The maximum Gasteiger partial charge on any atom is 0.340 e. The van der Waals surface area contributed by atoms with Crippen molar-refractivity contribution in [1.82, 2.24) is 0 Å². The molecule has 0 bridgehead atoms. The molecule has 0 aromatic heterocycles. The second kappa shape index (κ2) is 7.16. The second-order valence-electron chi connectivity index (χ2n) is 4.41. The number of anilines is 1. The van der Waals surface area contributed by atoms with E-state index in [0.29, 0.717) is 11.5 Å². The molecule has 0 unspecified atom stereocenters. The SMILES string of the molecule is COc1cc(OC)c(N)c(C(=O)OCCCS(C)(=O)=O)c1. The van der Waals surface area contributed by atoms with Gasteiger partial charge >= 0.3 is 5.97 Å². The van der Waals surface area contributed by atoms with Crippen molar-refractivity contribution < 1.29 is 27.4 Å². The molecule has 7 nitrogen and oxygen atoms in total. The van der Waals surface area contributed by atoms with Gasteiger partial charge in [-0.15, -0.1) is 0 Å². The van der Waals surface area contributed by atoms with Gasteiger partial charge in [0.25, 0.3) is 0 Å². The van der Waals surface area contributed by atoms with Gasteiger partial charge in [-0.25, -0.2) is 13.2 Å². The molecule has 118 valence electrons. The van der Waals surface area contributed by atoms with Crippen LogP contribution >= 0.6 is 0 Å². The molecule has 0 aliphatic heterocycles. The van der Waals surface area contributed by atoms with Crippen molar-refractivity contribution in [2.45, 2.75) is 6.42 Å². The molecule has 0 heterocycles. The first kappa shape index (κ1) is 17.1. The Kier molecular flexibility index (Phi) is 5.83. The maximum atomic E-state index is 12.0. The summed E-state index contributed by atoms with van der Waals surface area (Å²) >= 11 is 0. The van der Waals surface area contributed by atoms with Crippen molar-refractivity contribution in [3.63, 3.8) is 0 Å². The van der Waals surface area contributed by atoms with Gasteiger partial charge in [-0.1, -0.05) is 0 Å². The molecule has 0 radical (unpaired) electrons. The van der Waals surface area contributed by atoms with Crippen molar-refractivity contribution in [3.05, 3.63) is 17.7 Å². The third-order valence-electron chi connectivity index (χ3n) is 2.68. The largest absolute Gasteiger partial charge is 0.497 e. The third-order valence-corrected chi connectivity index (χ3v) is 3.71. The van der Waals surface area contributed by atoms with Crippen LogP contribution < -0.4 is 15.2 Å². The number of sulfone groups is 1. The molecule has 0 fully saturated rings. The fourth-order valence-electron chi connectivity index (χ4n) is 1.62. The first-order chi connectivity index (χ1) is 9.78. The van der Waals surface area contributed by atoms with Crippen LogP contribution in [0.25, 0.3) is 0 Å². The Morgan fingerprint density at radius 3 is 2.43 bits per heavy atom. The van der Waals surface area contributed by atoms with Crippen LogP contribution in [0.4, 0.5) is 5.69 Å². The topological polar surface area (TPSA) is 105 Å². The average Bonchev–Trinajstić information content (AvgIpc) is 2.42. The number of carbonyl (C=O) groups excluding carboxylic acids is 1. The molecule has 0 spiro atoms. The molecular formula is C13H19NO6S. The summed E-state index contributed by atoms with van der Waals surface area (Å²) in [5.41, 5.74) is 6.08. The third kappa shape index (κ3) is 5.14. The molecule has 1 aromatic rings. The Balaban J connectivity index is 2.78. The highest BCUT2D eigenvalue weighted by Gasteiger charge is 2.17. The zero-order chi connectivity index (χ0) is 16.0. The summed E-state index contributed by atoms with van der Waals surface area (Å²) in [6.07, 6.45) is 1.35. The Morgan fingerprint density at radius 2 is 1.90 bits per heavy atom. The van der Waals surface area contributed by atoms with E-state index < -0.39 is 15.8 Å². The van der Waals surface area contributed by atoms with Gasteiger partial charge in [-0.3, -0.25) is 0 Å². The van der Waals surface area contributed by atoms with Gasteiger partial charge < -0.3 is 19.9 Å². The van der Waals surface area contributed by atoms with Crippen LogP contribution in [0.2, 0.25) is 0 Å². The predicted octanol–water partition coefficient (Wildman–Crippen LogP) is 0.877. The van der Waals surface area contributed by atoms with Crippen LogP contribution in [-0.2, 0) is 14.6 Å². The summed E-state index contributed by atoms with van der Waals surface area (Å²) in [5, 5.41) is 0. The van der Waals surface area contributed by atoms with E-state index in [4.69, 9.17) is 19.9 Å². The summed E-state index contributed by atoms with van der Waals surface area (Å²) in [5.74, 6) is 0.0109. The minimum atomic E-state index is -3.07. The molecule has 0 amide bonds. The van der Waals surface area contributed by atoms with Gasteiger partial charge in [-0.2, -0.15) is 0 Å². The summed E-state index contributed by atoms with van der Waals surface area (Å²) in [7, 11) is -0.199. The van der Waals surface area contributed by atoms with E-state index in [9.17, 15) is 13.2 Å². The summed E-state index contributed by atoms with van der Waals surface area (Å²) in [4.78, 5) is 12.0. The number of benzene rings is 1. The smallest absolute Gasteiger partial charge is 0.340 e. The summed E-state index contributed by atoms with van der Waals surface area (Å²) in [6.45, 7) is -0.00906. The molecule has 0 aliphatic carbocycles. The highest BCUT2D eigenvalue weighted by Crippen LogP contribution is 2.31. The molecule has 0 aliphatic rings. The van der Waals surface area contributed by atoms with Crippen LogP contribution in [-0.4, -0.2) is 47.2 Å². The molecular weight excluding hydrogens is 298 g/mol. The van der Waals surface area contributed by atoms with Crippen LogP contribution in [0.3, 0.4) is 0 Å². The fraction of sp³-hybridized carbons (Fsp3) is 0.462. The van der Waals surface area contributed by atoms with E-state index >= 15 is 0 Å². The Morgan fingerprint density at radius 1 is 1.24 bits per heavy atom. The van der Waals surface area contributed by atoms with Crippen molar-refractivity contribution in [1.29, 1.82) is 0 Å². The predicted molar refractivity (Wildman–Crippen MR) is 78.6 cm³/mol. The lowest BCUT2D eigenvalue weighted by Crippen LogP contribution is -2.13. The van der Waals surface area contributed by atoms with E-state index in [2.05, 4.69) is 0 Å². The number of carbonyl (C=O) groups is 1. The zero-order valence-electron chi connectivity index (χ0n) is 12.2. The molecule has 21 heavy (non-hydrogen) atoms. The van der Waals surface area contributed by atoms with Gasteiger partial charge in [-0.05, 0) is 12.5 Å². The summed E-state index contributed by atoms with van der Waals surface area (Å²) in [6, 6.07) is 2.99. The van der Waals surface area contributed by atoms with E-state index in [1.165, 1.54) is 20.3 Å².